The number of halogens is 3. The van der Waals surface area contributed by atoms with Crippen molar-refractivity contribution in [1.29, 1.82) is 0 Å². The fourth-order valence-electron chi connectivity index (χ4n) is 1.05. The third-order valence-corrected chi connectivity index (χ3v) is 2.65. The van der Waals surface area contributed by atoms with Gasteiger partial charge < -0.3 is 9.47 Å². The number of alkyl halides is 1. The molecule has 0 amide bonds. The molecule has 13 heavy (non-hydrogen) atoms. The van der Waals surface area contributed by atoms with Crippen LogP contribution in [0, 0.1) is 11.6 Å². The molecule has 1 aliphatic rings. The van der Waals surface area contributed by atoms with Crippen LogP contribution >= 0.6 is 15.9 Å². The molecule has 2 rings (SSSR count). The van der Waals surface area contributed by atoms with Gasteiger partial charge in [-0.05, 0) is 28.1 Å². The van der Waals surface area contributed by atoms with Gasteiger partial charge in [0.05, 0.1) is 5.56 Å². The van der Waals surface area contributed by atoms with Crippen LogP contribution < -0.4 is 0 Å². The van der Waals surface area contributed by atoms with Gasteiger partial charge in [-0.1, -0.05) is 6.07 Å². The third-order valence-electron chi connectivity index (χ3n) is 1.76. The number of hydrogen-bond acceptors (Lipinski definition) is 2. The van der Waals surface area contributed by atoms with Gasteiger partial charge in [-0.2, -0.15) is 0 Å². The molecule has 0 atom stereocenters. The zero-order valence-electron chi connectivity index (χ0n) is 6.39. The molecule has 70 valence electrons. The summed E-state index contributed by atoms with van der Waals surface area (Å²) in [4.78, 5) is 0. The predicted octanol–water partition coefficient (Wildman–Crippen LogP) is 2.47. The molecule has 5 heteroatoms. The van der Waals surface area contributed by atoms with Gasteiger partial charge in [0.1, 0.15) is 0 Å². The second-order valence-electron chi connectivity index (χ2n) is 2.54. The molecule has 1 aliphatic heterocycles. The average molecular weight is 251 g/mol. The summed E-state index contributed by atoms with van der Waals surface area (Å²) < 4.78 is 34.5. The first-order chi connectivity index (χ1) is 6.13. The maximum Gasteiger partial charge on any atom is 0.261 e. The molecule has 0 radical (unpaired) electrons. The van der Waals surface area contributed by atoms with Gasteiger partial charge in [0.25, 0.3) is 4.70 Å². The molecule has 1 aromatic carbocycles. The Balaban J connectivity index is 2.45. The maximum atomic E-state index is 13.2. The van der Waals surface area contributed by atoms with Crippen LogP contribution in [0.25, 0.3) is 0 Å². The van der Waals surface area contributed by atoms with Crippen LogP contribution in [0.2, 0.25) is 0 Å². The summed E-state index contributed by atoms with van der Waals surface area (Å²) >= 11 is 3.01. The number of ether oxygens (including phenoxy) is 2. The Morgan fingerprint density at radius 1 is 1.31 bits per heavy atom. The molecule has 1 heterocycles. The minimum absolute atomic E-state index is 0.0127. The van der Waals surface area contributed by atoms with Gasteiger partial charge in [-0.25, -0.2) is 8.78 Å². The fourth-order valence-corrected chi connectivity index (χ4v) is 1.55. The molecule has 0 saturated carbocycles. The van der Waals surface area contributed by atoms with Gasteiger partial charge in [0.2, 0.25) is 0 Å². The molecular formula is C8H5BrF2O2. The van der Waals surface area contributed by atoms with E-state index in [1.54, 1.807) is 0 Å². The van der Waals surface area contributed by atoms with E-state index in [1.807, 2.05) is 0 Å². The lowest BCUT2D eigenvalue weighted by Crippen LogP contribution is -2.39. The Morgan fingerprint density at radius 2 is 2.00 bits per heavy atom. The normalized spacial score (nSPS) is 19.6. The summed E-state index contributed by atoms with van der Waals surface area (Å²) in [6, 6.07) is 3.82. The summed E-state index contributed by atoms with van der Waals surface area (Å²) in [5, 5.41) is 0. The van der Waals surface area contributed by atoms with E-state index in [0.717, 1.165) is 6.07 Å². The van der Waals surface area contributed by atoms with Crippen molar-refractivity contribution < 1.29 is 18.3 Å². The van der Waals surface area contributed by atoms with Crippen LogP contribution in [0.1, 0.15) is 5.56 Å². The first kappa shape index (κ1) is 9.05. The van der Waals surface area contributed by atoms with E-state index in [4.69, 9.17) is 9.47 Å². The van der Waals surface area contributed by atoms with Crippen molar-refractivity contribution in [2.75, 3.05) is 6.79 Å². The van der Waals surface area contributed by atoms with E-state index in [0.29, 0.717) is 0 Å². The van der Waals surface area contributed by atoms with Crippen molar-refractivity contribution in [2.45, 2.75) is 4.70 Å². The molecular weight excluding hydrogens is 246 g/mol. The first-order valence-corrected chi connectivity index (χ1v) is 4.34. The molecule has 1 aromatic rings. The van der Waals surface area contributed by atoms with Crippen LogP contribution in [0.5, 0.6) is 0 Å². The summed E-state index contributed by atoms with van der Waals surface area (Å²) in [5.74, 6) is -1.88. The van der Waals surface area contributed by atoms with E-state index in [1.165, 1.54) is 12.1 Å². The van der Waals surface area contributed by atoms with E-state index in [-0.39, 0.29) is 12.4 Å². The Hall–Kier alpha value is -0.520. The highest BCUT2D eigenvalue weighted by atomic mass is 79.9. The zero-order chi connectivity index (χ0) is 9.47. The SMILES string of the molecule is Fc1cccc(C2(Br)OCO2)c1F. The molecule has 0 N–H and O–H groups in total. The van der Waals surface area contributed by atoms with Crippen molar-refractivity contribution >= 4 is 15.9 Å². The predicted molar refractivity (Wildman–Crippen MR) is 44.0 cm³/mol. The largest absolute Gasteiger partial charge is 0.310 e. The Labute approximate surface area is 81.6 Å². The van der Waals surface area contributed by atoms with Crippen LogP contribution in [-0.2, 0) is 14.2 Å². The summed E-state index contributed by atoms with van der Waals surface area (Å²) in [7, 11) is 0. The summed E-state index contributed by atoms with van der Waals surface area (Å²) in [5.41, 5.74) is 0.0127. The highest BCUT2D eigenvalue weighted by molar-refractivity contribution is 9.09. The topological polar surface area (TPSA) is 18.5 Å². The van der Waals surface area contributed by atoms with Gasteiger partial charge >= 0.3 is 0 Å². The zero-order valence-corrected chi connectivity index (χ0v) is 7.98. The molecule has 1 saturated heterocycles. The smallest absolute Gasteiger partial charge is 0.261 e. The number of benzene rings is 1. The second kappa shape index (κ2) is 3.01. The van der Waals surface area contributed by atoms with E-state index < -0.39 is 16.3 Å². The average Bonchev–Trinajstić information content (AvgIpc) is 2.06. The molecule has 0 bridgehead atoms. The lowest BCUT2D eigenvalue weighted by atomic mass is 10.2. The fraction of sp³-hybridized carbons (Fsp3) is 0.250. The first-order valence-electron chi connectivity index (χ1n) is 3.55. The van der Waals surface area contributed by atoms with Crippen molar-refractivity contribution in [3.05, 3.63) is 35.4 Å². The van der Waals surface area contributed by atoms with Crippen molar-refractivity contribution in [1.82, 2.24) is 0 Å². The van der Waals surface area contributed by atoms with Gasteiger partial charge in [-0.15, -0.1) is 0 Å². The molecule has 2 nitrogen and oxygen atoms in total. The molecule has 0 unspecified atom stereocenters. The van der Waals surface area contributed by atoms with Crippen LogP contribution in [-0.4, -0.2) is 6.79 Å². The Kier molecular flexibility index (Phi) is 2.09. The minimum atomic E-state index is -1.31. The van der Waals surface area contributed by atoms with Crippen LogP contribution in [0.4, 0.5) is 8.78 Å². The quantitative estimate of drug-likeness (QED) is 0.714. The Bertz CT molecular complexity index is 339. The van der Waals surface area contributed by atoms with Crippen LogP contribution in [0.3, 0.4) is 0 Å². The lowest BCUT2D eigenvalue weighted by Gasteiger charge is -2.36. The lowest BCUT2D eigenvalue weighted by molar-refractivity contribution is -0.350. The molecule has 0 aromatic heterocycles. The van der Waals surface area contributed by atoms with Gasteiger partial charge in [-0.3, -0.25) is 0 Å². The van der Waals surface area contributed by atoms with E-state index >= 15 is 0 Å². The minimum Gasteiger partial charge on any atom is -0.310 e. The van der Waals surface area contributed by atoms with Gasteiger partial charge in [0, 0.05) is 0 Å². The molecule has 0 spiro atoms. The van der Waals surface area contributed by atoms with Crippen molar-refractivity contribution in [2.24, 2.45) is 0 Å². The van der Waals surface area contributed by atoms with E-state index in [2.05, 4.69) is 15.9 Å². The highest BCUT2D eigenvalue weighted by Gasteiger charge is 2.42. The molecule has 1 fully saturated rings. The van der Waals surface area contributed by atoms with E-state index in [9.17, 15) is 8.78 Å². The molecule has 0 aliphatic carbocycles. The summed E-state index contributed by atoms with van der Waals surface area (Å²) in [6.45, 7) is 0.0706. The van der Waals surface area contributed by atoms with Crippen molar-refractivity contribution in [3.63, 3.8) is 0 Å². The Morgan fingerprint density at radius 3 is 2.54 bits per heavy atom. The third kappa shape index (κ3) is 1.37. The number of rotatable bonds is 1. The number of hydrogen-bond donors (Lipinski definition) is 0. The second-order valence-corrected chi connectivity index (χ2v) is 3.59. The van der Waals surface area contributed by atoms with Gasteiger partial charge in [0.15, 0.2) is 18.4 Å². The standard InChI is InChI=1S/C8H5BrF2O2/c9-8(12-4-13-8)5-2-1-3-6(10)7(5)11/h1-3H,4H2. The van der Waals surface area contributed by atoms with Crippen LogP contribution in [0.15, 0.2) is 18.2 Å². The van der Waals surface area contributed by atoms with Crippen molar-refractivity contribution in [3.8, 4) is 0 Å². The summed E-state index contributed by atoms with van der Waals surface area (Å²) in [6.07, 6.45) is 0. The highest BCUT2D eigenvalue weighted by Crippen LogP contribution is 2.41. The monoisotopic (exact) mass is 250 g/mol. The maximum absolute atomic E-state index is 13.2.